The van der Waals surface area contributed by atoms with Crippen LogP contribution < -0.4 is 5.73 Å². The molecule has 1 aliphatic carbocycles. The second-order valence-electron chi connectivity index (χ2n) is 6.94. The zero-order valence-electron chi connectivity index (χ0n) is 13.0. The number of aromatic nitrogens is 1. The van der Waals surface area contributed by atoms with Crippen LogP contribution in [0, 0.1) is 5.41 Å². The number of halogens is 1. The van der Waals surface area contributed by atoms with Gasteiger partial charge in [0.2, 0.25) is 0 Å². The number of fused-ring (bicyclic) bond motifs is 3. The summed E-state index contributed by atoms with van der Waals surface area (Å²) in [4.78, 5) is 13.9. The first kappa shape index (κ1) is 15.0. The van der Waals surface area contributed by atoms with Gasteiger partial charge >= 0.3 is 0 Å². The molecule has 3 nitrogen and oxygen atoms in total. The van der Waals surface area contributed by atoms with Gasteiger partial charge in [0, 0.05) is 38.9 Å². The molecule has 0 atom stereocenters. The lowest BCUT2D eigenvalue weighted by molar-refractivity contribution is 0.0912. The van der Waals surface area contributed by atoms with E-state index in [-0.39, 0.29) is 11.2 Å². The van der Waals surface area contributed by atoms with Crippen molar-refractivity contribution in [2.75, 3.05) is 5.73 Å². The number of carbonyl (C=O) groups excluding carboxylic acids is 1. The van der Waals surface area contributed by atoms with Crippen molar-refractivity contribution in [1.82, 2.24) is 4.57 Å². The fourth-order valence-electron chi connectivity index (χ4n) is 3.50. The lowest BCUT2D eigenvalue weighted by Gasteiger charge is -2.29. The maximum absolute atomic E-state index is 12.7. The van der Waals surface area contributed by atoms with Gasteiger partial charge in [-0.2, -0.15) is 0 Å². The number of carbonyl (C=O) groups is 1. The predicted molar refractivity (Wildman–Crippen MR) is 99.7 cm³/mol. The monoisotopic (exact) mass is 388 g/mol. The van der Waals surface area contributed by atoms with E-state index in [4.69, 9.17) is 5.73 Å². The highest BCUT2D eigenvalue weighted by atomic mass is 79.9. The molecule has 1 aliphatic rings. The average molecular weight is 389 g/mol. The molecular weight excluding hydrogens is 372 g/mol. The number of hydrogen-bond donors (Lipinski definition) is 1. The van der Waals surface area contributed by atoms with E-state index in [1.54, 1.807) is 11.3 Å². The molecule has 0 amide bonds. The van der Waals surface area contributed by atoms with Crippen molar-refractivity contribution in [2.24, 2.45) is 5.41 Å². The first-order valence-corrected chi connectivity index (χ1v) is 9.24. The standard InChI is InChI=1S/C18H17BrN2OS/c1-18(2)8-14-16(15(22)9-18)11-5-6-23-17(11)21(14)10-3-4-13(20)12(19)7-10/h3-7H,8-9,20H2,1-2H3. The van der Waals surface area contributed by atoms with Gasteiger partial charge in [-0.1, -0.05) is 13.8 Å². The maximum atomic E-state index is 12.7. The summed E-state index contributed by atoms with van der Waals surface area (Å²) in [6.45, 7) is 4.33. The summed E-state index contributed by atoms with van der Waals surface area (Å²) in [5.41, 5.74) is 9.73. The molecule has 0 unspecified atom stereocenters. The van der Waals surface area contributed by atoms with Crippen LogP contribution in [0.5, 0.6) is 0 Å². The number of rotatable bonds is 1. The molecule has 2 heterocycles. The zero-order chi connectivity index (χ0) is 16.4. The van der Waals surface area contributed by atoms with E-state index in [1.807, 2.05) is 18.2 Å². The van der Waals surface area contributed by atoms with Crippen molar-refractivity contribution >= 4 is 49.0 Å². The Kier molecular flexibility index (Phi) is 3.22. The molecular formula is C18H17BrN2OS. The molecule has 0 bridgehead atoms. The van der Waals surface area contributed by atoms with Crippen LogP contribution in [-0.4, -0.2) is 10.4 Å². The van der Waals surface area contributed by atoms with Gasteiger partial charge in [0.1, 0.15) is 4.83 Å². The van der Waals surface area contributed by atoms with Crippen molar-refractivity contribution in [3.8, 4) is 5.69 Å². The molecule has 0 saturated carbocycles. The van der Waals surface area contributed by atoms with Crippen molar-refractivity contribution in [3.63, 3.8) is 0 Å². The van der Waals surface area contributed by atoms with Crippen molar-refractivity contribution in [2.45, 2.75) is 26.7 Å². The number of Topliss-reactive ketones (excluding diaryl/α,β-unsaturated/α-hetero) is 1. The van der Waals surface area contributed by atoms with E-state index in [9.17, 15) is 4.79 Å². The van der Waals surface area contributed by atoms with Gasteiger partial charge in [-0.05, 0) is 57.4 Å². The summed E-state index contributed by atoms with van der Waals surface area (Å²) in [5.74, 6) is 0.257. The van der Waals surface area contributed by atoms with Crippen molar-refractivity contribution in [1.29, 1.82) is 0 Å². The summed E-state index contributed by atoms with van der Waals surface area (Å²) < 4.78 is 3.11. The SMILES string of the molecule is CC1(C)CC(=O)c2c(n(-c3ccc(N)c(Br)c3)c3sccc23)C1. The fourth-order valence-corrected chi connectivity index (χ4v) is 4.82. The number of anilines is 1. The molecule has 23 heavy (non-hydrogen) atoms. The lowest BCUT2D eigenvalue weighted by atomic mass is 9.76. The predicted octanol–water partition coefficient (Wildman–Crippen LogP) is 5.19. The molecule has 0 fully saturated rings. The molecule has 0 aliphatic heterocycles. The zero-order valence-corrected chi connectivity index (χ0v) is 15.4. The molecule has 0 spiro atoms. The molecule has 3 aromatic rings. The third kappa shape index (κ3) is 2.25. The molecule has 118 valence electrons. The van der Waals surface area contributed by atoms with Crippen LogP contribution >= 0.6 is 27.3 Å². The number of hydrogen-bond acceptors (Lipinski definition) is 3. The summed E-state index contributed by atoms with van der Waals surface area (Å²) in [7, 11) is 0. The lowest BCUT2D eigenvalue weighted by Crippen LogP contribution is -2.27. The minimum atomic E-state index is -0.00660. The number of ketones is 1. The number of nitrogen functional groups attached to an aromatic ring is 1. The maximum Gasteiger partial charge on any atom is 0.165 e. The minimum absolute atomic E-state index is 0.00660. The topological polar surface area (TPSA) is 48.0 Å². The van der Waals surface area contributed by atoms with Crippen LogP contribution in [0.2, 0.25) is 0 Å². The van der Waals surface area contributed by atoms with Crippen LogP contribution in [0.1, 0.15) is 36.3 Å². The van der Waals surface area contributed by atoms with Gasteiger partial charge in [-0.15, -0.1) is 11.3 Å². The Balaban J connectivity index is 2.05. The second-order valence-corrected chi connectivity index (χ2v) is 8.69. The molecule has 2 N–H and O–H groups in total. The molecule has 4 rings (SSSR count). The van der Waals surface area contributed by atoms with Crippen LogP contribution in [0.25, 0.3) is 15.9 Å². The summed E-state index contributed by atoms with van der Waals surface area (Å²) in [6, 6.07) is 8.02. The number of nitrogens with two attached hydrogens (primary N) is 1. The minimum Gasteiger partial charge on any atom is -0.398 e. The summed E-state index contributed by atoms with van der Waals surface area (Å²) >= 11 is 5.19. The first-order valence-electron chi connectivity index (χ1n) is 7.57. The second kappa shape index (κ2) is 4.95. The molecule has 1 aromatic carbocycles. The van der Waals surface area contributed by atoms with Crippen LogP contribution in [0.3, 0.4) is 0 Å². The van der Waals surface area contributed by atoms with E-state index < -0.39 is 0 Å². The van der Waals surface area contributed by atoms with E-state index in [0.29, 0.717) is 12.1 Å². The highest BCUT2D eigenvalue weighted by molar-refractivity contribution is 9.10. The number of benzene rings is 1. The number of thiophene rings is 1. The highest BCUT2D eigenvalue weighted by Gasteiger charge is 2.36. The Morgan fingerprint density at radius 3 is 2.78 bits per heavy atom. The largest absolute Gasteiger partial charge is 0.398 e. The van der Waals surface area contributed by atoms with E-state index in [2.05, 4.69) is 45.8 Å². The Hall–Kier alpha value is -1.59. The quantitative estimate of drug-likeness (QED) is 0.582. The number of nitrogens with zero attached hydrogens (tertiary/aromatic N) is 1. The first-order chi connectivity index (χ1) is 10.9. The van der Waals surface area contributed by atoms with Crippen LogP contribution in [0.15, 0.2) is 34.1 Å². The average Bonchev–Trinajstić information content (AvgIpc) is 3.00. The fraction of sp³-hybridized carbons (Fsp3) is 0.278. The van der Waals surface area contributed by atoms with E-state index in [1.165, 1.54) is 0 Å². The Labute approximate surface area is 147 Å². The van der Waals surface area contributed by atoms with Gasteiger partial charge in [0.05, 0.1) is 0 Å². The van der Waals surface area contributed by atoms with Crippen LogP contribution in [0.4, 0.5) is 5.69 Å². The summed E-state index contributed by atoms with van der Waals surface area (Å²) in [6.07, 6.45) is 1.51. The summed E-state index contributed by atoms with van der Waals surface area (Å²) in [5, 5.41) is 3.14. The third-order valence-corrected chi connectivity index (χ3v) is 6.07. The van der Waals surface area contributed by atoms with Crippen molar-refractivity contribution < 1.29 is 4.79 Å². The van der Waals surface area contributed by atoms with Gasteiger partial charge in [-0.25, -0.2) is 0 Å². The molecule has 2 aromatic heterocycles. The van der Waals surface area contributed by atoms with E-state index >= 15 is 0 Å². The van der Waals surface area contributed by atoms with Gasteiger partial charge in [-0.3, -0.25) is 4.79 Å². The highest BCUT2D eigenvalue weighted by Crippen LogP contribution is 2.43. The third-order valence-electron chi connectivity index (χ3n) is 4.48. The van der Waals surface area contributed by atoms with Gasteiger partial charge in [0.15, 0.2) is 5.78 Å². The molecule has 0 saturated heterocycles. The van der Waals surface area contributed by atoms with Gasteiger partial charge < -0.3 is 10.3 Å². The van der Waals surface area contributed by atoms with Crippen molar-refractivity contribution in [3.05, 3.63) is 45.4 Å². The Bertz CT molecular complexity index is 951. The Morgan fingerprint density at radius 2 is 2.04 bits per heavy atom. The smallest absolute Gasteiger partial charge is 0.165 e. The van der Waals surface area contributed by atoms with Gasteiger partial charge in [0.25, 0.3) is 0 Å². The Morgan fingerprint density at radius 1 is 1.26 bits per heavy atom. The molecule has 5 heteroatoms. The normalized spacial score (nSPS) is 16.7. The van der Waals surface area contributed by atoms with E-state index in [0.717, 1.165) is 38.1 Å². The molecule has 0 radical (unpaired) electrons. The van der Waals surface area contributed by atoms with Crippen LogP contribution in [-0.2, 0) is 6.42 Å².